The average Bonchev–Trinajstić information content (AvgIpc) is 3.08. The lowest BCUT2D eigenvalue weighted by atomic mass is 10.1. The Kier molecular flexibility index (Phi) is 10.7. The first kappa shape index (κ1) is 15.9. The van der Waals surface area contributed by atoms with Gasteiger partial charge in [0, 0.05) is 12.8 Å². The van der Waals surface area contributed by atoms with Gasteiger partial charge < -0.3 is 14.9 Å². The third-order valence-corrected chi connectivity index (χ3v) is 2.24. The highest BCUT2D eigenvalue weighted by Crippen LogP contribution is 2.08. The number of hydrogen-bond acceptors (Lipinski definition) is 3. The van der Waals surface area contributed by atoms with Crippen LogP contribution in [0.3, 0.4) is 0 Å². The molecule has 2 N–H and O–H groups in total. The Labute approximate surface area is 102 Å². The molecule has 0 aromatic carbocycles. The van der Waals surface area contributed by atoms with E-state index in [1.54, 1.807) is 0 Å². The van der Waals surface area contributed by atoms with Crippen LogP contribution in [0, 0.1) is 0 Å². The smallest absolute Gasteiger partial charge is 0.303 e. The third kappa shape index (κ3) is 20.9. The number of carboxylic acid groups (broad SMARTS) is 2. The van der Waals surface area contributed by atoms with Crippen molar-refractivity contribution in [2.45, 2.75) is 51.4 Å². The summed E-state index contributed by atoms with van der Waals surface area (Å²) in [5, 5.41) is 16.7. The minimum absolute atomic E-state index is 0.245. The Morgan fingerprint density at radius 1 is 0.765 bits per heavy atom. The summed E-state index contributed by atoms with van der Waals surface area (Å²) in [6.45, 7) is 2.00. The SMILES string of the molecule is C1CO1.O=C(O)CCCCCCCCC(=O)O. The largest absolute Gasteiger partial charge is 0.481 e. The molecule has 0 aromatic heterocycles. The standard InChI is InChI=1S/C10H18O4.C2H4O/c11-9(12)7-5-3-1-2-4-6-8-10(13)14;1-2-3-1/h1-8H2,(H,11,12)(H,13,14);1-2H2. The van der Waals surface area contributed by atoms with E-state index in [4.69, 9.17) is 10.2 Å². The maximum Gasteiger partial charge on any atom is 0.303 e. The number of carbonyl (C=O) groups is 2. The summed E-state index contributed by atoms with van der Waals surface area (Å²) in [6.07, 6.45) is 5.82. The Hall–Kier alpha value is -1.10. The van der Waals surface area contributed by atoms with Gasteiger partial charge in [0.1, 0.15) is 0 Å². The molecule has 1 rings (SSSR count). The topological polar surface area (TPSA) is 87.1 Å². The second-order valence-electron chi connectivity index (χ2n) is 4.02. The summed E-state index contributed by atoms with van der Waals surface area (Å²) >= 11 is 0. The highest BCUT2D eigenvalue weighted by molar-refractivity contribution is 5.66. The summed E-state index contributed by atoms with van der Waals surface area (Å²) in [6, 6.07) is 0. The van der Waals surface area contributed by atoms with Gasteiger partial charge in [0.2, 0.25) is 0 Å². The molecule has 0 spiro atoms. The van der Waals surface area contributed by atoms with E-state index in [1.165, 1.54) is 0 Å². The molecule has 1 aliphatic heterocycles. The fraction of sp³-hybridized carbons (Fsp3) is 0.833. The average molecular weight is 246 g/mol. The molecule has 0 atom stereocenters. The molecule has 0 bridgehead atoms. The monoisotopic (exact) mass is 246 g/mol. The molecular formula is C12H22O5. The van der Waals surface area contributed by atoms with Gasteiger partial charge in [0.25, 0.3) is 0 Å². The van der Waals surface area contributed by atoms with Crippen LogP contribution in [0.4, 0.5) is 0 Å². The lowest BCUT2D eigenvalue weighted by molar-refractivity contribution is -0.138. The van der Waals surface area contributed by atoms with Gasteiger partial charge in [-0.2, -0.15) is 0 Å². The molecule has 1 heterocycles. The van der Waals surface area contributed by atoms with Gasteiger partial charge in [-0.25, -0.2) is 0 Å². The van der Waals surface area contributed by atoms with E-state index >= 15 is 0 Å². The number of unbranched alkanes of at least 4 members (excludes halogenated alkanes) is 5. The predicted molar refractivity (Wildman–Crippen MR) is 63.0 cm³/mol. The van der Waals surface area contributed by atoms with Gasteiger partial charge in [-0.3, -0.25) is 9.59 Å². The van der Waals surface area contributed by atoms with E-state index in [0.717, 1.165) is 51.7 Å². The molecule has 0 saturated carbocycles. The van der Waals surface area contributed by atoms with Crippen molar-refractivity contribution >= 4 is 11.9 Å². The molecular weight excluding hydrogens is 224 g/mol. The van der Waals surface area contributed by atoms with Crippen LogP contribution >= 0.6 is 0 Å². The highest BCUT2D eigenvalue weighted by Gasteiger charge is 1.98. The minimum Gasteiger partial charge on any atom is -0.481 e. The fourth-order valence-corrected chi connectivity index (χ4v) is 1.26. The van der Waals surface area contributed by atoms with E-state index in [2.05, 4.69) is 4.74 Å². The minimum atomic E-state index is -0.740. The second kappa shape index (κ2) is 11.4. The number of aliphatic carboxylic acids is 2. The van der Waals surface area contributed by atoms with Gasteiger partial charge >= 0.3 is 11.9 Å². The van der Waals surface area contributed by atoms with Crippen molar-refractivity contribution in [3.63, 3.8) is 0 Å². The number of hydrogen-bond donors (Lipinski definition) is 2. The van der Waals surface area contributed by atoms with Crippen LogP contribution < -0.4 is 0 Å². The zero-order chi connectivity index (χ0) is 12.9. The lowest BCUT2D eigenvalue weighted by Crippen LogP contribution is -1.94. The molecule has 17 heavy (non-hydrogen) atoms. The summed E-state index contributed by atoms with van der Waals surface area (Å²) in [5.41, 5.74) is 0. The van der Waals surface area contributed by atoms with Gasteiger partial charge in [-0.1, -0.05) is 25.7 Å². The first-order valence-electron chi connectivity index (χ1n) is 6.14. The van der Waals surface area contributed by atoms with Gasteiger partial charge in [-0.05, 0) is 12.8 Å². The molecule has 5 nitrogen and oxygen atoms in total. The van der Waals surface area contributed by atoms with Crippen molar-refractivity contribution in [2.75, 3.05) is 13.2 Å². The van der Waals surface area contributed by atoms with Crippen LogP contribution in [0.15, 0.2) is 0 Å². The first-order valence-corrected chi connectivity index (χ1v) is 6.14. The van der Waals surface area contributed by atoms with Gasteiger partial charge in [-0.15, -0.1) is 0 Å². The Balaban J connectivity index is 0.000000728. The van der Waals surface area contributed by atoms with Crippen LogP contribution in [0.1, 0.15) is 51.4 Å². The normalized spacial score (nSPS) is 12.5. The number of epoxide rings is 1. The number of rotatable bonds is 9. The number of ether oxygens (including phenoxy) is 1. The van der Waals surface area contributed by atoms with E-state index < -0.39 is 11.9 Å². The zero-order valence-corrected chi connectivity index (χ0v) is 10.2. The molecule has 0 aromatic rings. The molecule has 1 saturated heterocycles. The molecule has 5 heteroatoms. The van der Waals surface area contributed by atoms with Gasteiger partial charge in [0.05, 0.1) is 13.2 Å². The number of carboxylic acids is 2. The van der Waals surface area contributed by atoms with Crippen molar-refractivity contribution in [2.24, 2.45) is 0 Å². The molecule has 1 aliphatic rings. The molecule has 1 fully saturated rings. The second-order valence-corrected chi connectivity index (χ2v) is 4.02. The third-order valence-electron chi connectivity index (χ3n) is 2.24. The summed E-state index contributed by atoms with van der Waals surface area (Å²) < 4.78 is 4.50. The van der Waals surface area contributed by atoms with Crippen LogP contribution in [-0.2, 0) is 14.3 Å². The highest BCUT2D eigenvalue weighted by atomic mass is 16.6. The van der Waals surface area contributed by atoms with Crippen molar-refractivity contribution in [3.05, 3.63) is 0 Å². The van der Waals surface area contributed by atoms with E-state index in [0.29, 0.717) is 0 Å². The van der Waals surface area contributed by atoms with Crippen LogP contribution in [0.2, 0.25) is 0 Å². The fourth-order valence-electron chi connectivity index (χ4n) is 1.26. The van der Waals surface area contributed by atoms with E-state index in [1.807, 2.05) is 0 Å². The molecule has 0 radical (unpaired) electrons. The van der Waals surface area contributed by atoms with E-state index in [-0.39, 0.29) is 12.8 Å². The maximum atomic E-state index is 10.1. The summed E-state index contributed by atoms with van der Waals surface area (Å²) in [7, 11) is 0. The Bertz CT molecular complexity index is 190. The zero-order valence-electron chi connectivity index (χ0n) is 10.2. The van der Waals surface area contributed by atoms with Crippen LogP contribution in [0.5, 0.6) is 0 Å². The van der Waals surface area contributed by atoms with Crippen LogP contribution in [0.25, 0.3) is 0 Å². The van der Waals surface area contributed by atoms with E-state index in [9.17, 15) is 9.59 Å². The molecule has 0 aliphatic carbocycles. The Morgan fingerprint density at radius 3 is 1.29 bits per heavy atom. The maximum absolute atomic E-state index is 10.1. The van der Waals surface area contributed by atoms with Crippen molar-refractivity contribution < 1.29 is 24.5 Å². The van der Waals surface area contributed by atoms with Crippen molar-refractivity contribution in [1.29, 1.82) is 0 Å². The summed E-state index contributed by atoms with van der Waals surface area (Å²) in [5.74, 6) is -1.48. The summed E-state index contributed by atoms with van der Waals surface area (Å²) in [4.78, 5) is 20.3. The molecule has 0 unspecified atom stereocenters. The quantitative estimate of drug-likeness (QED) is 0.481. The first-order chi connectivity index (χ1) is 8.13. The van der Waals surface area contributed by atoms with Gasteiger partial charge in [0.15, 0.2) is 0 Å². The lowest BCUT2D eigenvalue weighted by Gasteiger charge is -1.98. The molecule has 0 amide bonds. The van der Waals surface area contributed by atoms with Crippen molar-refractivity contribution in [3.8, 4) is 0 Å². The Morgan fingerprint density at radius 2 is 1.06 bits per heavy atom. The molecule has 100 valence electrons. The van der Waals surface area contributed by atoms with Crippen LogP contribution in [-0.4, -0.2) is 35.4 Å². The van der Waals surface area contributed by atoms with Crippen molar-refractivity contribution in [1.82, 2.24) is 0 Å². The predicted octanol–water partition coefficient (Wildman–Crippen LogP) is 2.29.